The van der Waals surface area contributed by atoms with Crippen molar-refractivity contribution in [1.29, 1.82) is 0 Å². The molecule has 0 heterocycles. The summed E-state index contributed by atoms with van der Waals surface area (Å²) in [6, 6.07) is 9.62. The number of rotatable bonds is 3. The van der Waals surface area contributed by atoms with E-state index in [9.17, 15) is 4.79 Å². The van der Waals surface area contributed by atoms with Crippen LogP contribution in [0.25, 0.3) is 0 Å². The number of nitrogens with one attached hydrogen (secondary N) is 2. The number of benzene rings is 1. The quantitative estimate of drug-likeness (QED) is 0.826. The average molecular weight is 312 g/mol. The van der Waals surface area contributed by atoms with Gasteiger partial charge in [0, 0.05) is 12.2 Å². The topological polar surface area (TPSA) is 41.1 Å². The normalized spacial score (nSPS) is 40.9. The van der Waals surface area contributed by atoms with Crippen LogP contribution in [0.1, 0.15) is 52.4 Å². The van der Waals surface area contributed by atoms with Gasteiger partial charge in [-0.2, -0.15) is 0 Å². The molecule has 2 atom stereocenters. The Bertz CT molecular complexity index is 593. The fraction of sp³-hybridized carbons (Fsp3) is 0.650. The molecule has 3 heteroatoms. The van der Waals surface area contributed by atoms with Crippen molar-refractivity contribution < 1.29 is 4.79 Å². The first-order valence-corrected chi connectivity index (χ1v) is 8.98. The Balaban J connectivity index is 1.42. The van der Waals surface area contributed by atoms with Gasteiger partial charge in [0.15, 0.2) is 0 Å². The van der Waals surface area contributed by atoms with Gasteiger partial charge in [0.25, 0.3) is 0 Å². The highest BCUT2D eigenvalue weighted by Gasteiger charge is 2.59. The lowest BCUT2D eigenvalue weighted by Crippen LogP contribution is -2.58. The van der Waals surface area contributed by atoms with Crippen molar-refractivity contribution in [2.24, 2.45) is 22.2 Å². The molecule has 0 aromatic heterocycles. The third kappa shape index (κ3) is 2.86. The summed E-state index contributed by atoms with van der Waals surface area (Å²) in [7, 11) is 0. The van der Waals surface area contributed by atoms with E-state index in [1.807, 2.05) is 30.3 Å². The van der Waals surface area contributed by atoms with Crippen molar-refractivity contribution >= 4 is 11.7 Å². The van der Waals surface area contributed by atoms with Crippen molar-refractivity contribution in [2.75, 3.05) is 11.9 Å². The maximum Gasteiger partial charge on any atom is 0.319 e. The first kappa shape index (κ1) is 15.0. The Hall–Kier alpha value is -1.51. The van der Waals surface area contributed by atoms with E-state index < -0.39 is 0 Å². The van der Waals surface area contributed by atoms with E-state index >= 15 is 0 Å². The summed E-state index contributed by atoms with van der Waals surface area (Å²) in [6.07, 6.45) is 8.08. The third-order valence-corrected chi connectivity index (χ3v) is 6.40. The van der Waals surface area contributed by atoms with Crippen LogP contribution < -0.4 is 10.6 Å². The lowest BCUT2D eigenvalue weighted by Gasteiger charge is -2.65. The second-order valence-electron chi connectivity index (χ2n) is 9.30. The maximum absolute atomic E-state index is 12.2. The number of para-hydroxylation sites is 1. The number of hydrogen-bond donors (Lipinski definition) is 2. The van der Waals surface area contributed by atoms with E-state index in [2.05, 4.69) is 24.5 Å². The van der Waals surface area contributed by atoms with Crippen molar-refractivity contribution in [3.8, 4) is 0 Å². The zero-order valence-corrected chi connectivity index (χ0v) is 14.3. The molecule has 124 valence electrons. The van der Waals surface area contributed by atoms with E-state index in [1.54, 1.807) is 0 Å². The summed E-state index contributed by atoms with van der Waals surface area (Å²) < 4.78 is 0. The molecule has 4 saturated carbocycles. The molecule has 0 spiro atoms. The molecule has 23 heavy (non-hydrogen) atoms. The van der Waals surface area contributed by atoms with Crippen molar-refractivity contribution in [2.45, 2.75) is 52.4 Å². The van der Waals surface area contributed by atoms with Gasteiger partial charge < -0.3 is 10.6 Å². The summed E-state index contributed by atoms with van der Waals surface area (Å²) in [4.78, 5) is 12.2. The lowest BCUT2D eigenvalue weighted by molar-refractivity contribution is -0.142. The van der Waals surface area contributed by atoms with Crippen molar-refractivity contribution in [3.63, 3.8) is 0 Å². The molecule has 2 N–H and O–H groups in total. The summed E-state index contributed by atoms with van der Waals surface area (Å²) in [5.41, 5.74) is 2.20. The minimum absolute atomic E-state index is 0.0674. The molecule has 3 nitrogen and oxygen atoms in total. The number of carbonyl (C=O) groups is 1. The first-order chi connectivity index (χ1) is 10.9. The minimum Gasteiger partial charge on any atom is -0.337 e. The Morgan fingerprint density at radius 1 is 1.04 bits per heavy atom. The molecule has 4 fully saturated rings. The monoisotopic (exact) mass is 312 g/mol. The van der Waals surface area contributed by atoms with E-state index in [0.29, 0.717) is 16.2 Å². The smallest absolute Gasteiger partial charge is 0.319 e. The Kier molecular flexibility index (Phi) is 3.26. The molecule has 2 amide bonds. The minimum atomic E-state index is -0.0674. The summed E-state index contributed by atoms with van der Waals surface area (Å²) >= 11 is 0. The van der Waals surface area contributed by atoms with E-state index in [0.717, 1.165) is 18.2 Å². The molecule has 4 aliphatic carbocycles. The molecule has 4 aliphatic rings. The highest BCUT2D eigenvalue weighted by atomic mass is 16.2. The van der Waals surface area contributed by atoms with Crippen molar-refractivity contribution in [3.05, 3.63) is 30.3 Å². The fourth-order valence-corrected chi connectivity index (χ4v) is 6.85. The molecule has 0 radical (unpaired) electrons. The van der Waals surface area contributed by atoms with Crippen LogP contribution in [0.15, 0.2) is 30.3 Å². The lowest BCUT2D eigenvalue weighted by atomic mass is 9.40. The van der Waals surface area contributed by atoms with Gasteiger partial charge in [0.2, 0.25) is 0 Å². The van der Waals surface area contributed by atoms with Gasteiger partial charge in [0.1, 0.15) is 0 Å². The van der Waals surface area contributed by atoms with Crippen LogP contribution in [0.5, 0.6) is 0 Å². The second-order valence-corrected chi connectivity index (χ2v) is 9.30. The zero-order chi connectivity index (χ0) is 16.1. The Morgan fingerprint density at radius 3 is 2.30 bits per heavy atom. The third-order valence-electron chi connectivity index (χ3n) is 6.40. The molecule has 5 rings (SSSR count). The molecule has 0 unspecified atom stereocenters. The average Bonchev–Trinajstić information content (AvgIpc) is 2.42. The number of anilines is 1. The first-order valence-electron chi connectivity index (χ1n) is 8.98. The number of amides is 2. The van der Waals surface area contributed by atoms with E-state index in [-0.39, 0.29) is 6.03 Å². The molecule has 0 aliphatic heterocycles. The van der Waals surface area contributed by atoms with Gasteiger partial charge in [-0.05, 0) is 72.8 Å². The van der Waals surface area contributed by atoms with Gasteiger partial charge in [-0.25, -0.2) is 4.79 Å². The number of carbonyl (C=O) groups excluding carboxylic acids is 1. The highest BCUT2D eigenvalue weighted by molar-refractivity contribution is 5.89. The van der Waals surface area contributed by atoms with Gasteiger partial charge in [-0.15, -0.1) is 0 Å². The van der Waals surface area contributed by atoms with Crippen LogP contribution >= 0.6 is 0 Å². The van der Waals surface area contributed by atoms with Crippen LogP contribution in [0, 0.1) is 22.2 Å². The summed E-state index contributed by atoms with van der Waals surface area (Å²) in [6.45, 7) is 5.79. The Labute approximate surface area is 139 Å². The van der Waals surface area contributed by atoms with Gasteiger partial charge in [0.05, 0.1) is 0 Å². The molecule has 1 aromatic carbocycles. The van der Waals surface area contributed by atoms with Crippen LogP contribution in [0.4, 0.5) is 10.5 Å². The standard InChI is InChI=1S/C20H28N2O/c1-18-8-15-9-19(2,11-18)13-20(10-15,12-18)14-21-17(23)22-16-6-4-3-5-7-16/h3-7,15H,8-14H2,1-2H3,(H2,21,22,23)/t15?,18-,19-,20?/m0/s1. The zero-order valence-electron chi connectivity index (χ0n) is 14.3. The molecule has 0 saturated heterocycles. The van der Waals surface area contributed by atoms with Crippen LogP contribution in [0.3, 0.4) is 0 Å². The predicted octanol–water partition coefficient (Wildman–Crippen LogP) is 4.80. The fourth-order valence-electron chi connectivity index (χ4n) is 6.85. The largest absolute Gasteiger partial charge is 0.337 e. The summed E-state index contributed by atoms with van der Waals surface area (Å²) in [5.74, 6) is 0.875. The van der Waals surface area contributed by atoms with Crippen molar-refractivity contribution in [1.82, 2.24) is 5.32 Å². The van der Waals surface area contributed by atoms with Crippen LogP contribution in [0.2, 0.25) is 0 Å². The predicted molar refractivity (Wildman–Crippen MR) is 93.3 cm³/mol. The second kappa shape index (κ2) is 4.99. The van der Waals surface area contributed by atoms with Crippen LogP contribution in [-0.4, -0.2) is 12.6 Å². The van der Waals surface area contributed by atoms with Gasteiger partial charge in [-0.1, -0.05) is 32.0 Å². The Morgan fingerprint density at radius 2 is 1.70 bits per heavy atom. The van der Waals surface area contributed by atoms with Gasteiger partial charge in [-0.3, -0.25) is 0 Å². The SMILES string of the molecule is C[C@@]12CC3CC(CNC(=O)Nc4ccccc4)(C1)C[C@@](C)(C3)C2. The number of urea groups is 1. The van der Waals surface area contributed by atoms with E-state index in [4.69, 9.17) is 0 Å². The highest BCUT2D eigenvalue weighted by Crippen LogP contribution is 2.69. The van der Waals surface area contributed by atoms with Crippen LogP contribution in [-0.2, 0) is 0 Å². The molecule has 1 aromatic rings. The number of hydrogen-bond acceptors (Lipinski definition) is 1. The molecular weight excluding hydrogens is 284 g/mol. The molecule has 4 bridgehead atoms. The molecular formula is C20H28N2O. The van der Waals surface area contributed by atoms with Gasteiger partial charge >= 0.3 is 6.03 Å². The summed E-state index contributed by atoms with van der Waals surface area (Å²) in [5, 5.41) is 6.12. The maximum atomic E-state index is 12.2. The van der Waals surface area contributed by atoms with E-state index in [1.165, 1.54) is 38.5 Å².